The number of carbonyl (C=O) groups excluding carboxylic acids is 1. The summed E-state index contributed by atoms with van der Waals surface area (Å²) in [6, 6.07) is 6.35. The van der Waals surface area contributed by atoms with E-state index in [9.17, 15) is 4.79 Å². The van der Waals surface area contributed by atoms with Crippen LogP contribution in [0, 0.1) is 5.92 Å². The van der Waals surface area contributed by atoms with Gasteiger partial charge in [-0.05, 0) is 63.2 Å². The monoisotopic (exact) mass is 329 g/mol. The van der Waals surface area contributed by atoms with E-state index in [1.165, 1.54) is 32.1 Å². The summed E-state index contributed by atoms with van der Waals surface area (Å²) in [6.45, 7) is 2.75. The fourth-order valence-corrected chi connectivity index (χ4v) is 4.15. The SMILES string of the molecule is O=C(CC1CCCCC1)N(Cc1ccccn1)C1CCCNCC1. The molecular formula is C20H31N3O. The molecule has 1 aliphatic heterocycles. The van der Waals surface area contributed by atoms with Crippen molar-refractivity contribution in [1.29, 1.82) is 0 Å². The van der Waals surface area contributed by atoms with Crippen molar-refractivity contribution >= 4 is 5.91 Å². The first-order valence-electron chi connectivity index (χ1n) is 9.73. The molecule has 1 unspecified atom stereocenters. The predicted molar refractivity (Wildman–Crippen MR) is 96.5 cm³/mol. The summed E-state index contributed by atoms with van der Waals surface area (Å²) in [5.74, 6) is 0.945. The average Bonchev–Trinajstić information content (AvgIpc) is 2.90. The Balaban J connectivity index is 1.68. The van der Waals surface area contributed by atoms with Crippen LogP contribution in [-0.4, -0.2) is 34.9 Å². The highest BCUT2D eigenvalue weighted by Gasteiger charge is 2.27. The molecule has 2 aliphatic rings. The van der Waals surface area contributed by atoms with Gasteiger partial charge in [-0.15, -0.1) is 0 Å². The lowest BCUT2D eigenvalue weighted by Gasteiger charge is -2.33. The number of carbonyl (C=O) groups is 1. The Morgan fingerprint density at radius 1 is 1.08 bits per heavy atom. The van der Waals surface area contributed by atoms with Gasteiger partial charge in [0.2, 0.25) is 5.91 Å². The Kier molecular flexibility index (Phi) is 6.65. The Bertz CT molecular complexity index is 491. The Hall–Kier alpha value is -1.42. The van der Waals surface area contributed by atoms with Gasteiger partial charge >= 0.3 is 0 Å². The molecule has 1 saturated carbocycles. The highest BCUT2D eigenvalue weighted by molar-refractivity contribution is 5.76. The van der Waals surface area contributed by atoms with Gasteiger partial charge in [-0.1, -0.05) is 25.3 Å². The van der Waals surface area contributed by atoms with E-state index in [2.05, 4.69) is 15.2 Å². The number of hydrogen-bond donors (Lipinski definition) is 1. The van der Waals surface area contributed by atoms with Crippen molar-refractivity contribution < 1.29 is 4.79 Å². The molecule has 4 nitrogen and oxygen atoms in total. The van der Waals surface area contributed by atoms with E-state index >= 15 is 0 Å². The molecule has 1 amide bonds. The second kappa shape index (κ2) is 9.16. The zero-order valence-electron chi connectivity index (χ0n) is 14.8. The van der Waals surface area contributed by atoms with E-state index in [0.717, 1.165) is 44.5 Å². The second-order valence-corrected chi connectivity index (χ2v) is 7.39. The molecule has 24 heavy (non-hydrogen) atoms. The van der Waals surface area contributed by atoms with E-state index in [4.69, 9.17) is 0 Å². The van der Waals surface area contributed by atoms with Gasteiger partial charge in [-0.2, -0.15) is 0 Å². The molecule has 0 aromatic carbocycles. The summed E-state index contributed by atoms with van der Waals surface area (Å²) >= 11 is 0. The predicted octanol–water partition coefficient (Wildman–Crippen LogP) is 3.52. The van der Waals surface area contributed by atoms with Gasteiger partial charge in [0.1, 0.15) is 0 Å². The molecule has 1 aliphatic carbocycles. The molecule has 0 radical (unpaired) electrons. The molecule has 132 valence electrons. The number of nitrogens with zero attached hydrogens (tertiary/aromatic N) is 2. The lowest BCUT2D eigenvalue weighted by molar-refractivity contribution is -0.135. The van der Waals surface area contributed by atoms with Crippen molar-refractivity contribution in [2.45, 2.75) is 70.4 Å². The zero-order valence-corrected chi connectivity index (χ0v) is 14.8. The molecule has 2 fully saturated rings. The van der Waals surface area contributed by atoms with Gasteiger partial charge in [-0.25, -0.2) is 0 Å². The number of pyridine rings is 1. The third-order valence-corrected chi connectivity index (χ3v) is 5.55. The number of amides is 1. The maximum absolute atomic E-state index is 13.1. The van der Waals surface area contributed by atoms with E-state index in [0.29, 0.717) is 24.4 Å². The van der Waals surface area contributed by atoms with Gasteiger partial charge in [0, 0.05) is 18.7 Å². The van der Waals surface area contributed by atoms with Crippen molar-refractivity contribution in [3.8, 4) is 0 Å². The van der Waals surface area contributed by atoms with E-state index in [1.807, 2.05) is 24.4 Å². The molecule has 4 heteroatoms. The van der Waals surface area contributed by atoms with Crippen LogP contribution in [0.5, 0.6) is 0 Å². The molecule has 1 aromatic heterocycles. The fourth-order valence-electron chi connectivity index (χ4n) is 4.15. The molecule has 0 bridgehead atoms. The van der Waals surface area contributed by atoms with Crippen LogP contribution in [-0.2, 0) is 11.3 Å². The lowest BCUT2D eigenvalue weighted by atomic mass is 9.86. The first-order chi connectivity index (χ1) is 11.8. The van der Waals surface area contributed by atoms with Crippen LogP contribution in [0.3, 0.4) is 0 Å². The van der Waals surface area contributed by atoms with Gasteiger partial charge < -0.3 is 10.2 Å². The second-order valence-electron chi connectivity index (χ2n) is 7.39. The van der Waals surface area contributed by atoms with Gasteiger partial charge in [0.15, 0.2) is 0 Å². The molecule has 0 spiro atoms. The number of aromatic nitrogens is 1. The minimum Gasteiger partial charge on any atom is -0.334 e. The maximum atomic E-state index is 13.1. The average molecular weight is 329 g/mol. The van der Waals surface area contributed by atoms with Crippen molar-refractivity contribution in [2.24, 2.45) is 5.92 Å². The number of hydrogen-bond acceptors (Lipinski definition) is 3. The third-order valence-electron chi connectivity index (χ3n) is 5.55. The van der Waals surface area contributed by atoms with Crippen LogP contribution in [0.15, 0.2) is 24.4 Å². The Morgan fingerprint density at radius 3 is 2.75 bits per heavy atom. The van der Waals surface area contributed by atoms with Gasteiger partial charge in [0.05, 0.1) is 12.2 Å². The minimum absolute atomic E-state index is 0.347. The van der Waals surface area contributed by atoms with Gasteiger partial charge in [-0.3, -0.25) is 9.78 Å². The molecule has 1 N–H and O–H groups in total. The van der Waals surface area contributed by atoms with Crippen molar-refractivity contribution in [3.05, 3.63) is 30.1 Å². The third kappa shape index (κ3) is 5.04. The summed E-state index contributed by atoms with van der Waals surface area (Å²) in [6.07, 6.45) is 12.3. The topological polar surface area (TPSA) is 45.2 Å². The quantitative estimate of drug-likeness (QED) is 0.899. The first-order valence-corrected chi connectivity index (χ1v) is 9.73. The summed E-state index contributed by atoms with van der Waals surface area (Å²) in [5.41, 5.74) is 1.01. The lowest BCUT2D eigenvalue weighted by Crippen LogP contribution is -2.41. The molecular weight excluding hydrogens is 298 g/mol. The maximum Gasteiger partial charge on any atom is 0.223 e. The van der Waals surface area contributed by atoms with Crippen LogP contribution in [0.1, 0.15) is 63.5 Å². The largest absolute Gasteiger partial charge is 0.334 e. The minimum atomic E-state index is 0.347. The highest BCUT2D eigenvalue weighted by Crippen LogP contribution is 2.28. The summed E-state index contributed by atoms with van der Waals surface area (Å²) in [5, 5.41) is 3.46. The summed E-state index contributed by atoms with van der Waals surface area (Å²) in [4.78, 5) is 19.7. The normalized spacial score (nSPS) is 22.8. The zero-order chi connectivity index (χ0) is 16.6. The summed E-state index contributed by atoms with van der Waals surface area (Å²) in [7, 11) is 0. The van der Waals surface area contributed by atoms with E-state index in [1.54, 1.807) is 0 Å². The molecule has 1 saturated heterocycles. The standard InChI is InChI=1S/C20H31N3O/c24-20(15-17-7-2-1-3-8-17)23(16-18-9-4-5-13-22-18)19-10-6-12-21-14-11-19/h4-5,9,13,17,19,21H,1-3,6-8,10-12,14-16H2. The molecule has 2 heterocycles. The Labute approximate surface area is 146 Å². The highest BCUT2D eigenvalue weighted by atomic mass is 16.2. The fraction of sp³-hybridized carbons (Fsp3) is 0.700. The molecule has 1 atom stereocenters. The van der Waals surface area contributed by atoms with E-state index < -0.39 is 0 Å². The summed E-state index contributed by atoms with van der Waals surface area (Å²) < 4.78 is 0. The van der Waals surface area contributed by atoms with Crippen LogP contribution < -0.4 is 5.32 Å². The van der Waals surface area contributed by atoms with Crippen LogP contribution in [0.2, 0.25) is 0 Å². The number of nitrogens with one attached hydrogen (secondary N) is 1. The molecule has 3 rings (SSSR count). The number of rotatable bonds is 5. The Morgan fingerprint density at radius 2 is 1.96 bits per heavy atom. The molecule has 1 aromatic rings. The van der Waals surface area contributed by atoms with Crippen LogP contribution in [0.25, 0.3) is 0 Å². The van der Waals surface area contributed by atoms with Crippen LogP contribution in [0.4, 0.5) is 0 Å². The smallest absolute Gasteiger partial charge is 0.223 e. The van der Waals surface area contributed by atoms with Gasteiger partial charge in [0.25, 0.3) is 0 Å². The van der Waals surface area contributed by atoms with E-state index in [-0.39, 0.29) is 0 Å². The first kappa shape index (κ1) is 17.4. The van der Waals surface area contributed by atoms with Crippen LogP contribution >= 0.6 is 0 Å². The van der Waals surface area contributed by atoms with Crippen molar-refractivity contribution in [2.75, 3.05) is 13.1 Å². The van der Waals surface area contributed by atoms with Crippen molar-refractivity contribution in [1.82, 2.24) is 15.2 Å². The van der Waals surface area contributed by atoms with Crippen molar-refractivity contribution in [3.63, 3.8) is 0 Å².